The second-order valence-corrected chi connectivity index (χ2v) is 5.63. The van der Waals surface area contributed by atoms with Crippen LogP contribution in [0.2, 0.25) is 5.02 Å². The van der Waals surface area contributed by atoms with Crippen molar-refractivity contribution in [2.24, 2.45) is 0 Å². The van der Waals surface area contributed by atoms with Gasteiger partial charge in [0.1, 0.15) is 0 Å². The van der Waals surface area contributed by atoms with Gasteiger partial charge >= 0.3 is 0 Å². The average molecular weight is 387 g/mol. The molecule has 0 N–H and O–H groups in total. The third-order valence-electron chi connectivity index (χ3n) is 2.81. The minimum absolute atomic E-state index is 0.0697. The second kappa shape index (κ2) is 6.27. The molecule has 1 aromatic heterocycles. The van der Waals surface area contributed by atoms with Gasteiger partial charge in [0.2, 0.25) is 5.82 Å². The molecule has 8 heteroatoms. The highest BCUT2D eigenvalue weighted by atomic mass is 79.9. The van der Waals surface area contributed by atoms with Crippen molar-refractivity contribution in [2.75, 3.05) is 0 Å². The SMILES string of the molecule is Fc1c(F)c(F)c(C(Br)Cc2ccncc2Cl)c(F)c1F. The lowest BCUT2D eigenvalue weighted by molar-refractivity contribution is 0.369. The molecule has 0 spiro atoms. The first-order valence-corrected chi connectivity index (χ1v) is 6.87. The fourth-order valence-electron chi connectivity index (χ4n) is 1.76. The minimum atomic E-state index is -2.18. The normalized spacial score (nSPS) is 12.5. The topological polar surface area (TPSA) is 12.9 Å². The molecular formula is C13H6BrClF5N. The lowest BCUT2D eigenvalue weighted by Gasteiger charge is -2.14. The largest absolute Gasteiger partial charge is 0.263 e. The van der Waals surface area contributed by atoms with Crippen molar-refractivity contribution >= 4 is 27.5 Å². The Bertz CT molecular complexity index is 665. The molecular weight excluding hydrogens is 380 g/mol. The highest BCUT2D eigenvalue weighted by Crippen LogP contribution is 2.35. The van der Waals surface area contributed by atoms with E-state index in [2.05, 4.69) is 20.9 Å². The predicted octanol–water partition coefficient (Wildman–Crippen LogP) is 5.11. The Morgan fingerprint density at radius 3 is 2.05 bits per heavy atom. The molecule has 1 heterocycles. The van der Waals surface area contributed by atoms with Crippen LogP contribution in [0, 0.1) is 29.1 Å². The van der Waals surface area contributed by atoms with E-state index in [4.69, 9.17) is 11.6 Å². The minimum Gasteiger partial charge on any atom is -0.263 e. The van der Waals surface area contributed by atoms with Crippen molar-refractivity contribution in [1.29, 1.82) is 0 Å². The zero-order chi connectivity index (χ0) is 15.7. The number of hydrogen-bond acceptors (Lipinski definition) is 1. The van der Waals surface area contributed by atoms with E-state index in [1.807, 2.05) is 0 Å². The fourth-order valence-corrected chi connectivity index (χ4v) is 2.71. The Morgan fingerprint density at radius 2 is 1.52 bits per heavy atom. The van der Waals surface area contributed by atoms with Crippen LogP contribution in [-0.2, 0) is 6.42 Å². The van der Waals surface area contributed by atoms with Gasteiger partial charge in [-0.3, -0.25) is 4.98 Å². The number of pyridine rings is 1. The van der Waals surface area contributed by atoms with Gasteiger partial charge in [-0.2, -0.15) is 0 Å². The van der Waals surface area contributed by atoms with Gasteiger partial charge in [-0.25, -0.2) is 22.0 Å². The van der Waals surface area contributed by atoms with Gasteiger partial charge in [0.25, 0.3) is 0 Å². The van der Waals surface area contributed by atoms with E-state index in [1.165, 1.54) is 18.5 Å². The van der Waals surface area contributed by atoms with E-state index in [1.54, 1.807) is 0 Å². The molecule has 1 nitrogen and oxygen atoms in total. The van der Waals surface area contributed by atoms with Crippen LogP contribution < -0.4 is 0 Å². The number of hydrogen-bond donors (Lipinski definition) is 0. The van der Waals surface area contributed by atoms with Crippen LogP contribution in [0.1, 0.15) is 16.0 Å². The Kier molecular flexibility index (Phi) is 4.83. The number of alkyl halides is 1. The van der Waals surface area contributed by atoms with Crippen LogP contribution >= 0.6 is 27.5 Å². The molecule has 2 rings (SSSR count). The lowest BCUT2D eigenvalue weighted by Crippen LogP contribution is -2.10. The summed E-state index contributed by atoms with van der Waals surface area (Å²) in [5.41, 5.74) is -0.475. The molecule has 0 amide bonds. The third-order valence-corrected chi connectivity index (χ3v) is 3.93. The first-order valence-electron chi connectivity index (χ1n) is 5.58. The fraction of sp³-hybridized carbons (Fsp3) is 0.154. The summed E-state index contributed by atoms with van der Waals surface area (Å²) in [5.74, 6) is -9.87. The molecule has 0 radical (unpaired) electrons. The van der Waals surface area contributed by atoms with Crippen LogP contribution in [0.5, 0.6) is 0 Å². The quantitative estimate of drug-likeness (QED) is 0.309. The van der Waals surface area contributed by atoms with Gasteiger partial charge in [-0.15, -0.1) is 0 Å². The number of aromatic nitrogens is 1. The van der Waals surface area contributed by atoms with Crippen molar-refractivity contribution in [3.8, 4) is 0 Å². The summed E-state index contributed by atoms with van der Waals surface area (Å²) in [7, 11) is 0. The molecule has 0 aliphatic rings. The van der Waals surface area contributed by atoms with E-state index in [9.17, 15) is 22.0 Å². The zero-order valence-corrected chi connectivity index (χ0v) is 12.5. The van der Waals surface area contributed by atoms with Gasteiger partial charge in [0, 0.05) is 22.8 Å². The lowest BCUT2D eigenvalue weighted by atomic mass is 10.0. The molecule has 1 unspecified atom stereocenters. The summed E-state index contributed by atoms with van der Waals surface area (Å²) in [6.07, 6.45) is 2.65. The zero-order valence-electron chi connectivity index (χ0n) is 10.1. The standard InChI is InChI=1S/C13H6BrClF5N/c14-6(3-5-1-2-21-4-7(5)15)8-9(16)11(18)13(20)12(19)10(8)17/h1-2,4,6H,3H2. The number of halogens is 7. The second-order valence-electron chi connectivity index (χ2n) is 4.12. The van der Waals surface area contributed by atoms with Gasteiger partial charge < -0.3 is 0 Å². The highest BCUT2D eigenvalue weighted by Gasteiger charge is 2.29. The Balaban J connectivity index is 2.45. The number of benzene rings is 1. The predicted molar refractivity (Wildman–Crippen MR) is 70.9 cm³/mol. The Hall–Kier alpha value is -1.21. The van der Waals surface area contributed by atoms with E-state index < -0.39 is 39.5 Å². The number of rotatable bonds is 3. The summed E-state index contributed by atoms with van der Waals surface area (Å²) in [5, 5.41) is 0.228. The molecule has 2 aromatic rings. The number of nitrogens with zero attached hydrogens (tertiary/aromatic N) is 1. The molecule has 0 aliphatic carbocycles. The van der Waals surface area contributed by atoms with E-state index in [-0.39, 0.29) is 11.4 Å². The summed E-state index contributed by atoms with van der Waals surface area (Å²) in [6.45, 7) is 0. The van der Waals surface area contributed by atoms with E-state index in [0.717, 1.165) is 0 Å². The molecule has 0 saturated carbocycles. The summed E-state index contributed by atoms with van der Waals surface area (Å²) in [4.78, 5) is 2.60. The van der Waals surface area contributed by atoms with Gasteiger partial charge in [-0.1, -0.05) is 27.5 Å². The Morgan fingerprint density at radius 1 is 1.00 bits per heavy atom. The van der Waals surface area contributed by atoms with Crippen molar-refractivity contribution in [3.05, 3.63) is 63.7 Å². The van der Waals surface area contributed by atoms with E-state index >= 15 is 0 Å². The first-order chi connectivity index (χ1) is 9.84. The molecule has 1 aromatic carbocycles. The average Bonchev–Trinajstić information content (AvgIpc) is 2.46. The van der Waals surface area contributed by atoms with Crippen molar-refractivity contribution in [2.45, 2.75) is 11.2 Å². The summed E-state index contributed by atoms with van der Waals surface area (Å²) >= 11 is 8.78. The van der Waals surface area contributed by atoms with Crippen LogP contribution in [-0.4, -0.2) is 4.98 Å². The monoisotopic (exact) mass is 385 g/mol. The van der Waals surface area contributed by atoms with Gasteiger partial charge in [-0.05, 0) is 18.1 Å². The van der Waals surface area contributed by atoms with Crippen molar-refractivity contribution in [1.82, 2.24) is 4.98 Å². The van der Waals surface area contributed by atoms with Gasteiger partial charge in [0.15, 0.2) is 23.3 Å². The van der Waals surface area contributed by atoms with Gasteiger partial charge in [0.05, 0.1) is 5.02 Å². The third kappa shape index (κ3) is 3.03. The van der Waals surface area contributed by atoms with Crippen molar-refractivity contribution < 1.29 is 22.0 Å². The van der Waals surface area contributed by atoms with E-state index in [0.29, 0.717) is 5.56 Å². The molecule has 0 aliphatic heterocycles. The summed E-state index contributed by atoms with van der Waals surface area (Å²) in [6, 6.07) is 1.49. The maximum absolute atomic E-state index is 13.7. The molecule has 0 bridgehead atoms. The molecule has 1 atom stereocenters. The summed E-state index contributed by atoms with van der Waals surface area (Å²) < 4.78 is 66.6. The van der Waals surface area contributed by atoms with Crippen molar-refractivity contribution in [3.63, 3.8) is 0 Å². The maximum atomic E-state index is 13.7. The van der Waals surface area contributed by atoms with Crippen LogP contribution in [0.4, 0.5) is 22.0 Å². The Labute approximate surface area is 129 Å². The molecule has 21 heavy (non-hydrogen) atoms. The molecule has 112 valence electrons. The highest BCUT2D eigenvalue weighted by molar-refractivity contribution is 9.09. The van der Waals surface area contributed by atoms with Crippen LogP contribution in [0.3, 0.4) is 0 Å². The van der Waals surface area contributed by atoms with Crippen LogP contribution in [0.15, 0.2) is 18.5 Å². The van der Waals surface area contributed by atoms with Crippen LogP contribution in [0.25, 0.3) is 0 Å². The maximum Gasteiger partial charge on any atom is 0.200 e. The molecule has 0 saturated heterocycles. The smallest absolute Gasteiger partial charge is 0.200 e. The first kappa shape index (κ1) is 16.2. The molecule has 0 fully saturated rings.